The number of amides is 1. The molecular formula is C15H25NO13. The number of rotatable bonds is 5. The fraction of sp³-hybridized carbons (Fsp3) is 0.867. The maximum absolute atomic E-state index is 12.5. The third-order valence-corrected chi connectivity index (χ3v) is 4.64. The van der Waals surface area contributed by atoms with Gasteiger partial charge in [0.05, 0.1) is 0 Å². The Bertz CT molecular complexity index is 591. The lowest BCUT2D eigenvalue weighted by Crippen LogP contribution is -2.64. The summed E-state index contributed by atoms with van der Waals surface area (Å²) in [6.07, 6.45) is -19.8. The van der Waals surface area contributed by atoms with Gasteiger partial charge in [0.2, 0.25) is 6.10 Å². The summed E-state index contributed by atoms with van der Waals surface area (Å²) in [6.45, 7) is 0.411. The number of aliphatic hydroxyl groups excluding tert-OH is 8. The number of carbonyl (C=O) groups excluding carboxylic acids is 2. The monoisotopic (exact) mass is 427 g/mol. The molecule has 0 aromatic carbocycles. The van der Waals surface area contributed by atoms with Gasteiger partial charge in [0, 0.05) is 13.5 Å². The van der Waals surface area contributed by atoms with Crippen LogP contribution in [-0.2, 0) is 23.8 Å². The molecule has 2 aliphatic heterocycles. The molecule has 2 fully saturated rings. The predicted octanol–water partition coefficient (Wildman–Crippen LogP) is -6.37. The summed E-state index contributed by atoms with van der Waals surface area (Å²) in [4.78, 5) is 23.8. The van der Waals surface area contributed by atoms with Gasteiger partial charge in [-0.3, -0.25) is 9.59 Å². The maximum Gasteiger partial charge on any atom is 0.303 e. The van der Waals surface area contributed by atoms with Crippen LogP contribution in [0, 0.1) is 0 Å². The Morgan fingerprint density at radius 3 is 1.90 bits per heavy atom. The fourth-order valence-electron chi connectivity index (χ4n) is 2.99. The Labute approximate surface area is 163 Å². The highest BCUT2D eigenvalue weighted by Crippen LogP contribution is 2.24. The average Bonchev–Trinajstić information content (AvgIpc) is 2.67. The minimum atomic E-state index is -1.99. The van der Waals surface area contributed by atoms with E-state index in [9.17, 15) is 50.4 Å². The Kier molecular flexibility index (Phi) is 7.86. The van der Waals surface area contributed by atoms with Crippen molar-refractivity contribution >= 4 is 11.9 Å². The van der Waals surface area contributed by atoms with Crippen molar-refractivity contribution in [1.82, 2.24) is 5.32 Å². The molecule has 168 valence electrons. The zero-order valence-corrected chi connectivity index (χ0v) is 15.2. The minimum absolute atomic E-state index is 0.533. The second-order valence-electron chi connectivity index (χ2n) is 6.78. The molecule has 11 atom stereocenters. The maximum atomic E-state index is 12.5. The summed E-state index contributed by atoms with van der Waals surface area (Å²) in [7, 11) is 0. The normalized spacial score (nSPS) is 44.0. The number of hydrogen-bond donors (Lipinski definition) is 9. The SMILES string of the molecule is CC(=O)OC(C(=O)NC[C@H]1O[C@H](O)[C@H](O)[C@@H](O)[C@H]1O)[C@@H]1O[C@H](O)[C@H](O)[C@@H](O)[C@H]1O. The molecule has 2 rings (SSSR count). The van der Waals surface area contributed by atoms with Crippen LogP contribution < -0.4 is 5.32 Å². The molecule has 0 aliphatic carbocycles. The van der Waals surface area contributed by atoms with Gasteiger partial charge in [-0.25, -0.2) is 0 Å². The highest BCUT2D eigenvalue weighted by Gasteiger charge is 2.50. The van der Waals surface area contributed by atoms with Crippen LogP contribution in [0.2, 0.25) is 0 Å². The number of esters is 1. The smallest absolute Gasteiger partial charge is 0.303 e. The van der Waals surface area contributed by atoms with Crippen molar-refractivity contribution in [2.24, 2.45) is 0 Å². The van der Waals surface area contributed by atoms with E-state index >= 15 is 0 Å². The molecule has 2 heterocycles. The molecule has 9 N–H and O–H groups in total. The molecule has 1 amide bonds. The third kappa shape index (κ3) is 5.18. The van der Waals surface area contributed by atoms with E-state index in [-0.39, 0.29) is 0 Å². The Morgan fingerprint density at radius 2 is 1.34 bits per heavy atom. The molecule has 0 aromatic heterocycles. The largest absolute Gasteiger partial charge is 0.449 e. The van der Waals surface area contributed by atoms with Crippen LogP contribution in [0.4, 0.5) is 0 Å². The lowest BCUT2D eigenvalue weighted by atomic mass is 9.94. The molecule has 0 aromatic rings. The molecule has 0 radical (unpaired) electrons. The Hall–Kier alpha value is -1.46. The molecule has 1 unspecified atom stereocenters. The van der Waals surface area contributed by atoms with Gasteiger partial charge in [-0.1, -0.05) is 0 Å². The second kappa shape index (κ2) is 9.57. The molecule has 2 aliphatic rings. The predicted molar refractivity (Wildman–Crippen MR) is 86.4 cm³/mol. The third-order valence-electron chi connectivity index (χ3n) is 4.64. The molecule has 14 nitrogen and oxygen atoms in total. The topological polar surface area (TPSA) is 236 Å². The van der Waals surface area contributed by atoms with Gasteiger partial charge < -0.3 is 60.4 Å². The van der Waals surface area contributed by atoms with Crippen LogP contribution in [0.25, 0.3) is 0 Å². The first kappa shape index (κ1) is 23.8. The number of aliphatic hydroxyl groups is 8. The summed E-state index contributed by atoms with van der Waals surface area (Å²) < 4.78 is 14.6. The number of carbonyl (C=O) groups is 2. The van der Waals surface area contributed by atoms with Crippen LogP contribution in [0.15, 0.2) is 0 Å². The van der Waals surface area contributed by atoms with Gasteiger partial charge in [-0.15, -0.1) is 0 Å². The van der Waals surface area contributed by atoms with Crippen molar-refractivity contribution in [3.05, 3.63) is 0 Å². The lowest BCUT2D eigenvalue weighted by molar-refractivity contribution is -0.295. The van der Waals surface area contributed by atoms with Gasteiger partial charge in [0.15, 0.2) is 12.6 Å². The van der Waals surface area contributed by atoms with Gasteiger partial charge >= 0.3 is 5.97 Å². The van der Waals surface area contributed by atoms with Crippen molar-refractivity contribution in [3.63, 3.8) is 0 Å². The van der Waals surface area contributed by atoms with E-state index < -0.39 is 85.9 Å². The second-order valence-corrected chi connectivity index (χ2v) is 6.78. The highest BCUT2D eigenvalue weighted by molar-refractivity contribution is 5.84. The molecule has 0 bridgehead atoms. The van der Waals surface area contributed by atoms with E-state index in [1.54, 1.807) is 0 Å². The van der Waals surface area contributed by atoms with E-state index in [2.05, 4.69) is 5.32 Å². The highest BCUT2D eigenvalue weighted by atomic mass is 16.7. The quantitative estimate of drug-likeness (QED) is 0.186. The first-order chi connectivity index (χ1) is 13.5. The van der Waals surface area contributed by atoms with E-state index in [4.69, 9.17) is 14.2 Å². The van der Waals surface area contributed by atoms with E-state index in [0.29, 0.717) is 0 Å². The molecule has 0 spiro atoms. The molecular weight excluding hydrogens is 402 g/mol. The summed E-state index contributed by atoms with van der Waals surface area (Å²) in [5, 5.41) is 79.5. The van der Waals surface area contributed by atoms with Crippen LogP contribution >= 0.6 is 0 Å². The number of nitrogens with one attached hydrogen (secondary N) is 1. The number of hydrogen-bond acceptors (Lipinski definition) is 13. The first-order valence-electron chi connectivity index (χ1n) is 8.66. The zero-order valence-electron chi connectivity index (χ0n) is 15.2. The fourth-order valence-corrected chi connectivity index (χ4v) is 2.99. The van der Waals surface area contributed by atoms with Gasteiger partial charge in [0.1, 0.15) is 48.8 Å². The van der Waals surface area contributed by atoms with Crippen molar-refractivity contribution in [1.29, 1.82) is 0 Å². The van der Waals surface area contributed by atoms with Crippen molar-refractivity contribution in [2.45, 2.75) is 74.4 Å². The van der Waals surface area contributed by atoms with Crippen LogP contribution in [-0.4, -0.2) is 127 Å². The van der Waals surface area contributed by atoms with Gasteiger partial charge in [-0.2, -0.15) is 0 Å². The van der Waals surface area contributed by atoms with Gasteiger partial charge in [-0.05, 0) is 0 Å². The van der Waals surface area contributed by atoms with Crippen molar-refractivity contribution < 1.29 is 64.7 Å². The van der Waals surface area contributed by atoms with Crippen LogP contribution in [0.3, 0.4) is 0 Å². The van der Waals surface area contributed by atoms with Crippen LogP contribution in [0.1, 0.15) is 6.92 Å². The average molecular weight is 427 g/mol. The lowest BCUT2D eigenvalue weighted by Gasteiger charge is -2.41. The van der Waals surface area contributed by atoms with Crippen LogP contribution in [0.5, 0.6) is 0 Å². The summed E-state index contributed by atoms with van der Waals surface area (Å²) >= 11 is 0. The molecule has 2 saturated heterocycles. The number of ether oxygens (including phenoxy) is 3. The van der Waals surface area contributed by atoms with Crippen molar-refractivity contribution in [3.8, 4) is 0 Å². The van der Waals surface area contributed by atoms with E-state index in [1.807, 2.05) is 0 Å². The Morgan fingerprint density at radius 1 is 0.828 bits per heavy atom. The van der Waals surface area contributed by atoms with E-state index in [1.165, 1.54) is 0 Å². The zero-order chi connectivity index (χ0) is 22.0. The standard InChI is InChI=1S/C15H25NO13/c1-3(17)27-12(11-8(21)7(20)10(23)15(26)29-11)13(24)16-2-4-5(18)6(19)9(22)14(25)28-4/h4-12,14-15,18-23,25-26H,2H2,1H3,(H,16,24)/t4-,5+,6+,7+,8-,9-,10-,11-,12?,14+,15+/m1/s1. The molecule has 29 heavy (non-hydrogen) atoms. The summed E-state index contributed by atoms with van der Waals surface area (Å²) in [5.41, 5.74) is 0. The summed E-state index contributed by atoms with van der Waals surface area (Å²) in [6, 6.07) is 0. The molecule has 0 saturated carbocycles. The first-order valence-corrected chi connectivity index (χ1v) is 8.66. The van der Waals surface area contributed by atoms with Crippen molar-refractivity contribution in [2.75, 3.05) is 6.54 Å². The van der Waals surface area contributed by atoms with E-state index in [0.717, 1.165) is 6.92 Å². The van der Waals surface area contributed by atoms with Gasteiger partial charge in [0.25, 0.3) is 5.91 Å². The Balaban J connectivity index is 2.08. The minimum Gasteiger partial charge on any atom is -0.449 e. The summed E-state index contributed by atoms with van der Waals surface area (Å²) in [5.74, 6) is -2.08. The molecule has 14 heteroatoms.